The first kappa shape index (κ1) is 13.4. The van der Waals surface area contributed by atoms with E-state index in [-0.39, 0.29) is 0 Å². The fourth-order valence-electron chi connectivity index (χ4n) is 2.54. The lowest BCUT2D eigenvalue weighted by Gasteiger charge is -2.15. The highest BCUT2D eigenvalue weighted by molar-refractivity contribution is 5.98. The Kier molecular flexibility index (Phi) is 4.05. The molecule has 2 rings (SSSR count). The molecule has 0 fully saturated rings. The van der Waals surface area contributed by atoms with Gasteiger partial charge in [0.05, 0.1) is 0 Å². The quantitative estimate of drug-likeness (QED) is 0.377. The van der Waals surface area contributed by atoms with E-state index in [1.165, 1.54) is 11.1 Å². The molecule has 0 heterocycles. The number of nitrogen functional groups attached to an aromatic ring is 1. The highest BCUT2D eigenvalue weighted by Gasteiger charge is 2.22. The van der Waals surface area contributed by atoms with Gasteiger partial charge in [-0.1, -0.05) is 24.8 Å². The van der Waals surface area contributed by atoms with Gasteiger partial charge in [-0.25, -0.2) is 0 Å². The van der Waals surface area contributed by atoms with Gasteiger partial charge in [0.1, 0.15) is 5.84 Å². The Morgan fingerprint density at radius 1 is 1.42 bits per heavy atom. The van der Waals surface area contributed by atoms with Gasteiger partial charge in [-0.05, 0) is 48.6 Å². The number of nitrogens with two attached hydrogens (primary N) is 1. The molecule has 100 valence electrons. The van der Waals surface area contributed by atoms with Crippen LogP contribution in [-0.4, -0.2) is 18.9 Å². The molecule has 0 radical (unpaired) electrons. The standard InChI is InChI=1S/C16H21N3/c1-4-5-11(2)16(18-3)19-15-9-12-6-7-14(17)8-13(12)10-15/h4-8,15H,1,9-10,17H2,2-3H3,(H,18,19)/b11-5+. The van der Waals surface area contributed by atoms with E-state index in [9.17, 15) is 0 Å². The van der Waals surface area contributed by atoms with Crippen LogP contribution in [0.3, 0.4) is 0 Å². The van der Waals surface area contributed by atoms with Crippen molar-refractivity contribution >= 4 is 11.5 Å². The van der Waals surface area contributed by atoms with Gasteiger partial charge in [0.2, 0.25) is 0 Å². The SMILES string of the molecule is C=C/C=C(\C)C(=NC)NC1Cc2ccc(N)cc2C1. The first-order valence-corrected chi connectivity index (χ1v) is 6.54. The van der Waals surface area contributed by atoms with E-state index in [1.807, 2.05) is 26.1 Å². The minimum atomic E-state index is 0.392. The fourth-order valence-corrected chi connectivity index (χ4v) is 2.54. The molecule has 3 nitrogen and oxygen atoms in total. The molecule has 1 aliphatic rings. The van der Waals surface area contributed by atoms with Gasteiger partial charge >= 0.3 is 0 Å². The second-order valence-corrected chi connectivity index (χ2v) is 4.94. The van der Waals surface area contributed by atoms with Crippen LogP contribution in [0.4, 0.5) is 5.69 Å². The van der Waals surface area contributed by atoms with Gasteiger partial charge in [-0.15, -0.1) is 0 Å². The summed E-state index contributed by atoms with van der Waals surface area (Å²) in [6, 6.07) is 6.57. The molecule has 0 bridgehead atoms. The molecule has 0 aliphatic heterocycles. The Morgan fingerprint density at radius 3 is 2.84 bits per heavy atom. The lowest BCUT2D eigenvalue weighted by molar-refractivity contribution is 0.643. The Balaban J connectivity index is 2.07. The number of hydrogen-bond donors (Lipinski definition) is 2. The van der Waals surface area contributed by atoms with E-state index in [2.05, 4.69) is 29.0 Å². The maximum absolute atomic E-state index is 5.83. The van der Waals surface area contributed by atoms with Crippen LogP contribution in [0.5, 0.6) is 0 Å². The molecule has 0 amide bonds. The van der Waals surface area contributed by atoms with E-state index in [4.69, 9.17) is 5.73 Å². The van der Waals surface area contributed by atoms with Crippen molar-refractivity contribution in [2.24, 2.45) is 4.99 Å². The van der Waals surface area contributed by atoms with Crippen LogP contribution >= 0.6 is 0 Å². The van der Waals surface area contributed by atoms with E-state index in [0.717, 1.165) is 29.9 Å². The minimum absolute atomic E-state index is 0.392. The summed E-state index contributed by atoms with van der Waals surface area (Å²) >= 11 is 0. The normalized spacial score (nSPS) is 19.2. The Hall–Kier alpha value is -2.03. The summed E-state index contributed by atoms with van der Waals surface area (Å²) in [4.78, 5) is 4.32. The number of allylic oxidation sites excluding steroid dienone is 2. The largest absolute Gasteiger partial charge is 0.399 e. The second-order valence-electron chi connectivity index (χ2n) is 4.94. The van der Waals surface area contributed by atoms with Gasteiger partial charge in [0.15, 0.2) is 0 Å². The number of anilines is 1. The number of fused-ring (bicyclic) bond motifs is 1. The van der Waals surface area contributed by atoms with Gasteiger partial charge in [-0.3, -0.25) is 4.99 Å². The molecule has 19 heavy (non-hydrogen) atoms. The Labute approximate surface area is 114 Å². The van der Waals surface area contributed by atoms with Crippen molar-refractivity contribution in [2.45, 2.75) is 25.8 Å². The first-order chi connectivity index (χ1) is 9.13. The summed E-state index contributed by atoms with van der Waals surface area (Å²) in [6.45, 7) is 5.76. The zero-order chi connectivity index (χ0) is 13.8. The summed E-state index contributed by atoms with van der Waals surface area (Å²) in [5.74, 6) is 0.936. The van der Waals surface area contributed by atoms with E-state index >= 15 is 0 Å². The maximum Gasteiger partial charge on any atom is 0.123 e. The van der Waals surface area contributed by atoms with Gasteiger partial charge < -0.3 is 11.1 Å². The van der Waals surface area contributed by atoms with Gasteiger partial charge in [-0.2, -0.15) is 0 Å². The summed E-state index contributed by atoms with van der Waals surface area (Å²) in [5, 5.41) is 3.51. The van der Waals surface area contributed by atoms with Crippen molar-refractivity contribution in [3.63, 3.8) is 0 Å². The topological polar surface area (TPSA) is 50.4 Å². The van der Waals surface area contributed by atoms with Crippen LogP contribution in [0.25, 0.3) is 0 Å². The third-order valence-corrected chi connectivity index (χ3v) is 3.47. The van der Waals surface area contributed by atoms with Gasteiger partial charge in [0, 0.05) is 18.8 Å². The van der Waals surface area contributed by atoms with Crippen molar-refractivity contribution in [3.8, 4) is 0 Å². The zero-order valence-electron chi connectivity index (χ0n) is 11.6. The van der Waals surface area contributed by atoms with Gasteiger partial charge in [0.25, 0.3) is 0 Å². The molecule has 0 spiro atoms. The number of hydrogen-bond acceptors (Lipinski definition) is 2. The van der Waals surface area contributed by atoms with Crippen molar-refractivity contribution in [3.05, 3.63) is 53.6 Å². The molecular formula is C16H21N3. The summed E-state index contributed by atoms with van der Waals surface area (Å²) in [7, 11) is 1.81. The molecule has 1 unspecified atom stereocenters. The molecule has 1 aromatic rings. The van der Waals surface area contributed by atoms with Crippen molar-refractivity contribution < 1.29 is 0 Å². The smallest absolute Gasteiger partial charge is 0.123 e. The maximum atomic E-state index is 5.83. The highest BCUT2D eigenvalue weighted by Crippen LogP contribution is 2.24. The fraction of sp³-hybridized carbons (Fsp3) is 0.312. The molecule has 1 aliphatic carbocycles. The lowest BCUT2D eigenvalue weighted by Crippen LogP contribution is -2.36. The van der Waals surface area contributed by atoms with Crippen molar-refractivity contribution in [1.29, 1.82) is 0 Å². The number of nitrogens with one attached hydrogen (secondary N) is 1. The molecule has 3 heteroatoms. The molecule has 0 saturated carbocycles. The molecule has 0 saturated heterocycles. The predicted octanol–water partition coefficient (Wildman–Crippen LogP) is 2.49. The average Bonchev–Trinajstić information content (AvgIpc) is 2.77. The van der Waals surface area contributed by atoms with Crippen LogP contribution in [0.15, 0.2) is 47.5 Å². The lowest BCUT2D eigenvalue weighted by atomic mass is 10.1. The molecule has 0 aromatic heterocycles. The Bertz CT molecular complexity index is 541. The average molecular weight is 255 g/mol. The number of nitrogens with zero attached hydrogens (tertiary/aromatic N) is 1. The second kappa shape index (κ2) is 5.74. The van der Waals surface area contributed by atoms with Crippen LogP contribution in [0, 0.1) is 0 Å². The van der Waals surface area contributed by atoms with Crippen LogP contribution < -0.4 is 11.1 Å². The summed E-state index contributed by atoms with van der Waals surface area (Å²) in [5.41, 5.74) is 10.5. The molecule has 1 atom stereocenters. The monoisotopic (exact) mass is 255 g/mol. The number of rotatable bonds is 3. The third-order valence-electron chi connectivity index (χ3n) is 3.47. The van der Waals surface area contributed by atoms with Crippen LogP contribution in [0.2, 0.25) is 0 Å². The molecule has 1 aromatic carbocycles. The molecular weight excluding hydrogens is 234 g/mol. The number of aliphatic imine (C=N–C) groups is 1. The first-order valence-electron chi connectivity index (χ1n) is 6.54. The van der Waals surface area contributed by atoms with E-state index in [0.29, 0.717) is 6.04 Å². The predicted molar refractivity (Wildman–Crippen MR) is 82.5 cm³/mol. The number of benzene rings is 1. The highest BCUT2D eigenvalue weighted by atomic mass is 15.0. The Morgan fingerprint density at radius 2 is 2.16 bits per heavy atom. The molecule has 3 N–H and O–H groups in total. The van der Waals surface area contributed by atoms with Crippen LogP contribution in [0.1, 0.15) is 18.1 Å². The summed E-state index contributed by atoms with van der Waals surface area (Å²) < 4.78 is 0. The minimum Gasteiger partial charge on any atom is -0.399 e. The van der Waals surface area contributed by atoms with E-state index in [1.54, 1.807) is 6.08 Å². The zero-order valence-corrected chi connectivity index (χ0v) is 11.6. The van der Waals surface area contributed by atoms with Crippen molar-refractivity contribution in [2.75, 3.05) is 12.8 Å². The third kappa shape index (κ3) is 3.05. The van der Waals surface area contributed by atoms with Crippen LogP contribution in [-0.2, 0) is 12.8 Å². The van der Waals surface area contributed by atoms with E-state index < -0.39 is 0 Å². The number of amidine groups is 1. The summed E-state index contributed by atoms with van der Waals surface area (Å²) in [6.07, 6.45) is 5.78. The van der Waals surface area contributed by atoms with Crippen molar-refractivity contribution in [1.82, 2.24) is 5.32 Å².